The molecule has 2 aliphatic heterocycles. The highest BCUT2D eigenvalue weighted by atomic mass is 32.1. The van der Waals surface area contributed by atoms with Gasteiger partial charge >= 0.3 is 0 Å². The second-order valence-electron chi connectivity index (χ2n) is 8.80. The molecule has 0 aliphatic carbocycles. The van der Waals surface area contributed by atoms with Crippen molar-refractivity contribution in [3.63, 3.8) is 0 Å². The molecule has 2 fully saturated rings. The summed E-state index contributed by atoms with van der Waals surface area (Å²) in [7, 11) is 0. The molecule has 2 aromatic rings. The number of pyridine rings is 1. The van der Waals surface area contributed by atoms with Crippen molar-refractivity contribution in [1.29, 1.82) is 0 Å². The zero-order valence-corrected chi connectivity index (χ0v) is 18.5. The topological polar surface area (TPSA) is 62.5 Å². The molecular weight excluding hydrogens is 380 g/mol. The lowest BCUT2D eigenvalue weighted by Gasteiger charge is -2.34. The molecule has 5 nitrogen and oxygen atoms in total. The van der Waals surface area contributed by atoms with Crippen LogP contribution in [-0.2, 0) is 0 Å². The second kappa shape index (κ2) is 8.54. The molecule has 29 heavy (non-hydrogen) atoms. The van der Waals surface area contributed by atoms with Crippen LogP contribution in [0.4, 0.5) is 0 Å². The zero-order valence-electron chi connectivity index (χ0n) is 17.7. The smallest absolute Gasteiger partial charge is 0.264 e. The van der Waals surface area contributed by atoms with E-state index >= 15 is 0 Å². The van der Waals surface area contributed by atoms with Crippen LogP contribution in [0.3, 0.4) is 0 Å². The van der Waals surface area contributed by atoms with Crippen molar-refractivity contribution >= 4 is 17.2 Å². The van der Waals surface area contributed by atoms with E-state index in [2.05, 4.69) is 36.9 Å². The van der Waals surface area contributed by atoms with Crippen LogP contribution < -0.4 is 5.73 Å². The summed E-state index contributed by atoms with van der Waals surface area (Å²) >= 11 is 1.55. The van der Waals surface area contributed by atoms with Crippen molar-refractivity contribution in [2.75, 3.05) is 26.2 Å². The van der Waals surface area contributed by atoms with E-state index in [9.17, 15) is 4.79 Å². The summed E-state index contributed by atoms with van der Waals surface area (Å²) in [5.74, 6) is 0.716. The van der Waals surface area contributed by atoms with E-state index in [-0.39, 0.29) is 11.9 Å². The van der Waals surface area contributed by atoms with Crippen molar-refractivity contribution in [3.05, 3.63) is 40.4 Å². The van der Waals surface area contributed by atoms with E-state index in [1.54, 1.807) is 11.3 Å². The summed E-state index contributed by atoms with van der Waals surface area (Å²) in [5.41, 5.74) is 9.30. The monoisotopic (exact) mass is 412 g/mol. The highest BCUT2D eigenvalue weighted by Gasteiger charge is 2.27. The number of carbonyl (C=O) groups is 1. The average molecular weight is 413 g/mol. The highest BCUT2D eigenvalue weighted by molar-refractivity contribution is 7.17. The van der Waals surface area contributed by atoms with Gasteiger partial charge in [0.25, 0.3) is 5.91 Å². The summed E-state index contributed by atoms with van der Waals surface area (Å²) < 4.78 is 0. The van der Waals surface area contributed by atoms with Gasteiger partial charge in [0, 0.05) is 31.4 Å². The molecule has 2 aromatic heterocycles. The Labute approximate surface area is 177 Å². The molecule has 0 unspecified atom stereocenters. The predicted octanol–water partition coefficient (Wildman–Crippen LogP) is 3.88. The van der Waals surface area contributed by atoms with Gasteiger partial charge in [-0.25, -0.2) is 0 Å². The summed E-state index contributed by atoms with van der Waals surface area (Å²) in [6.07, 6.45) is 5.34. The van der Waals surface area contributed by atoms with Gasteiger partial charge in [0.1, 0.15) is 0 Å². The van der Waals surface area contributed by atoms with Gasteiger partial charge in [-0.15, -0.1) is 11.3 Å². The van der Waals surface area contributed by atoms with Crippen molar-refractivity contribution in [2.45, 2.75) is 58.0 Å². The van der Waals surface area contributed by atoms with Crippen LogP contribution in [-0.4, -0.2) is 59.0 Å². The van der Waals surface area contributed by atoms with Gasteiger partial charge in [-0.1, -0.05) is 6.07 Å². The minimum Gasteiger partial charge on any atom is -0.336 e. The van der Waals surface area contributed by atoms with Crippen LogP contribution >= 0.6 is 11.3 Å². The van der Waals surface area contributed by atoms with E-state index in [0.29, 0.717) is 18.5 Å². The first kappa shape index (κ1) is 20.5. The van der Waals surface area contributed by atoms with Gasteiger partial charge in [0.2, 0.25) is 0 Å². The molecule has 6 heteroatoms. The molecule has 1 atom stereocenters. The molecule has 1 amide bonds. The number of aromatic nitrogens is 1. The molecule has 2 N–H and O–H groups in total. The Bertz CT molecular complexity index is 852. The van der Waals surface area contributed by atoms with Crippen molar-refractivity contribution in [3.8, 4) is 10.6 Å². The summed E-state index contributed by atoms with van der Waals surface area (Å²) in [4.78, 5) is 23.9. The van der Waals surface area contributed by atoms with Gasteiger partial charge in [0.15, 0.2) is 0 Å². The first-order chi connectivity index (χ1) is 13.9. The Morgan fingerprint density at radius 2 is 1.97 bits per heavy atom. The number of hydrogen-bond donors (Lipinski definition) is 1. The molecule has 2 saturated heterocycles. The van der Waals surface area contributed by atoms with Crippen molar-refractivity contribution < 1.29 is 4.79 Å². The predicted molar refractivity (Wildman–Crippen MR) is 119 cm³/mol. The maximum atomic E-state index is 12.8. The Kier molecular flexibility index (Phi) is 6.04. The second-order valence-corrected chi connectivity index (χ2v) is 9.86. The molecule has 0 bridgehead atoms. The summed E-state index contributed by atoms with van der Waals surface area (Å²) in [5, 5.41) is 0. The van der Waals surface area contributed by atoms with Gasteiger partial charge in [0.05, 0.1) is 15.4 Å². The number of hydrogen-bond acceptors (Lipinski definition) is 5. The molecule has 0 radical (unpaired) electrons. The maximum absolute atomic E-state index is 12.8. The third-order valence-corrected chi connectivity index (χ3v) is 7.64. The van der Waals surface area contributed by atoms with E-state index in [4.69, 9.17) is 10.7 Å². The van der Waals surface area contributed by atoms with Crippen LogP contribution in [0.2, 0.25) is 0 Å². The third kappa shape index (κ3) is 4.39. The fraction of sp³-hybridized carbons (Fsp3) is 0.565. The minimum atomic E-state index is 0.111. The van der Waals surface area contributed by atoms with Crippen LogP contribution in [0, 0.1) is 6.92 Å². The number of rotatable bonds is 4. The first-order valence-electron chi connectivity index (χ1n) is 10.8. The number of amides is 1. The normalized spacial score (nSPS) is 21.3. The summed E-state index contributed by atoms with van der Waals surface area (Å²) in [6, 6.07) is 7.19. The van der Waals surface area contributed by atoms with Gasteiger partial charge < -0.3 is 15.5 Å². The molecule has 4 heterocycles. The van der Waals surface area contributed by atoms with E-state index in [0.717, 1.165) is 34.0 Å². The van der Waals surface area contributed by atoms with Crippen LogP contribution in [0.25, 0.3) is 10.6 Å². The zero-order chi connectivity index (χ0) is 20.5. The Morgan fingerprint density at radius 1 is 1.21 bits per heavy atom. The minimum absolute atomic E-state index is 0.111. The maximum Gasteiger partial charge on any atom is 0.264 e. The summed E-state index contributed by atoms with van der Waals surface area (Å²) in [6.45, 7) is 10.3. The number of aryl methyl sites for hydroxylation is 1. The number of carbonyl (C=O) groups excluding carboxylic acids is 1. The standard InChI is InChI=1S/C23H32N4OS/c1-15(2)26-9-6-17(7-10-26)18-4-5-20(25-13-18)21-12-16(3)22(29-21)23(28)27-11-8-19(24)14-27/h4-5,12-13,15,17,19H,6-11,14,24H2,1-3H3/t19-/m0/s1. The van der Waals surface area contributed by atoms with Crippen molar-refractivity contribution in [1.82, 2.24) is 14.8 Å². The number of nitrogens with zero attached hydrogens (tertiary/aromatic N) is 3. The molecular formula is C23H32N4OS. The molecule has 2 aliphatic rings. The van der Waals surface area contributed by atoms with Crippen LogP contribution in [0.15, 0.2) is 24.4 Å². The highest BCUT2D eigenvalue weighted by Crippen LogP contribution is 2.33. The fourth-order valence-corrected chi connectivity index (χ4v) is 5.60. The quantitative estimate of drug-likeness (QED) is 0.828. The molecule has 0 spiro atoms. The number of nitrogens with two attached hydrogens (primary N) is 1. The molecule has 0 saturated carbocycles. The number of piperidine rings is 1. The number of likely N-dealkylation sites (tertiary alicyclic amines) is 2. The van der Waals surface area contributed by atoms with E-state index in [1.807, 2.05) is 18.0 Å². The Balaban J connectivity index is 1.45. The van der Waals surface area contributed by atoms with Gasteiger partial charge in [-0.3, -0.25) is 9.78 Å². The molecule has 0 aromatic carbocycles. The van der Waals surface area contributed by atoms with Crippen molar-refractivity contribution in [2.24, 2.45) is 5.73 Å². The lowest BCUT2D eigenvalue weighted by atomic mass is 9.90. The molecule has 4 rings (SSSR count). The van der Waals surface area contributed by atoms with E-state index in [1.165, 1.54) is 31.5 Å². The Morgan fingerprint density at radius 3 is 2.55 bits per heavy atom. The number of thiophene rings is 1. The lowest BCUT2D eigenvalue weighted by molar-refractivity contribution is 0.0795. The lowest BCUT2D eigenvalue weighted by Crippen LogP contribution is -2.37. The average Bonchev–Trinajstić information content (AvgIpc) is 3.33. The van der Waals surface area contributed by atoms with Gasteiger partial charge in [-0.05, 0) is 82.3 Å². The first-order valence-corrected chi connectivity index (χ1v) is 11.6. The fourth-order valence-electron chi connectivity index (χ4n) is 4.48. The van der Waals surface area contributed by atoms with Crippen LogP contribution in [0.1, 0.15) is 59.8 Å². The molecule has 156 valence electrons. The SMILES string of the molecule is Cc1cc(-c2ccc(C3CCN(C(C)C)CC3)cn2)sc1C(=O)N1CC[C@H](N)C1. The van der Waals surface area contributed by atoms with Crippen LogP contribution in [0.5, 0.6) is 0 Å². The van der Waals surface area contributed by atoms with E-state index < -0.39 is 0 Å². The third-order valence-electron chi connectivity index (χ3n) is 6.39. The largest absolute Gasteiger partial charge is 0.336 e. The van der Waals surface area contributed by atoms with Gasteiger partial charge in [-0.2, -0.15) is 0 Å². The Hall–Kier alpha value is -1.76.